The van der Waals surface area contributed by atoms with Crippen LogP contribution in [0.3, 0.4) is 0 Å². The van der Waals surface area contributed by atoms with Gasteiger partial charge >= 0.3 is 6.09 Å². The molecule has 1 aromatic rings. The van der Waals surface area contributed by atoms with E-state index in [1.165, 1.54) is 0 Å². The molecule has 0 spiro atoms. The molecule has 2 rings (SSSR count). The van der Waals surface area contributed by atoms with Crippen LogP contribution in [0.25, 0.3) is 0 Å². The number of amides is 2. The lowest BCUT2D eigenvalue weighted by molar-refractivity contribution is -0.125. The Morgan fingerprint density at radius 3 is 2.57 bits per heavy atom. The SMILES string of the molecule is CCOCC(=O)NCC1CCN(C(=O)Oc2ccccc2)CC1. The number of piperidine rings is 1. The first-order valence-electron chi connectivity index (χ1n) is 8.05. The molecule has 23 heavy (non-hydrogen) atoms. The molecule has 1 aromatic carbocycles. The van der Waals surface area contributed by atoms with Crippen molar-refractivity contribution >= 4 is 12.0 Å². The Labute approximate surface area is 136 Å². The van der Waals surface area contributed by atoms with Gasteiger partial charge in [0, 0.05) is 26.2 Å². The molecule has 1 fully saturated rings. The lowest BCUT2D eigenvalue weighted by atomic mass is 9.97. The van der Waals surface area contributed by atoms with E-state index in [-0.39, 0.29) is 18.6 Å². The second-order valence-corrected chi connectivity index (χ2v) is 5.55. The molecule has 1 saturated heterocycles. The molecule has 0 unspecified atom stereocenters. The molecule has 0 bridgehead atoms. The molecule has 1 aliphatic rings. The Morgan fingerprint density at radius 2 is 1.91 bits per heavy atom. The van der Waals surface area contributed by atoms with Crippen molar-refractivity contribution in [2.75, 3.05) is 32.8 Å². The molecule has 0 aliphatic carbocycles. The van der Waals surface area contributed by atoms with Crippen LogP contribution in [0, 0.1) is 5.92 Å². The molecule has 1 N–H and O–H groups in total. The predicted molar refractivity (Wildman–Crippen MR) is 86.3 cm³/mol. The Hall–Kier alpha value is -2.08. The minimum atomic E-state index is -0.310. The molecule has 6 nitrogen and oxygen atoms in total. The molecule has 1 heterocycles. The number of ether oxygens (including phenoxy) is 2. The number of nitrogens with one attached hydrogen (secondary N) is 1. The zero-order valence-corrected chi connectivity index (χ0v) is 13.5. The topological polar surface area (TPSA) is 67.9 Å². The average Bonchev–Trinajstić information content (AvgIpc) is 2.59. The van der Waals surface area contributed by atoms with E-state index >= 15 is 0 Å². The Kier molecular flexibility index (Phi) is 6.87. The van der Waals surface area contributed by atoms with E-state index in [1.54, 1.807) is 17.0 Å². The van der Waals surface area contributed by atoms with Gasteiger partial charge in [-0.3, -0.25) is 4.79 Å². The van der Waals surface area contributed by atoms with Crippen LogP contribution in [0.2, 0.25) is 0 Å². The normalized spacial score (nSPS) is 15.3. The summed E-state index contributed by atoms with van der Waals surface area (Å²) in [5.41, 5.74) is 0. The first kappa shape index (κ1) is 17.3. The largest absolute Gasteiger partial charge is 0.415 e. The van der Waals surface area contributed by atoms with Crippen molar-refractivity contribution < 1.29 is 19.1 Å². The maximum atomic E-state index is 12.1. The van der Waals surface area contributed by atoms with Crippen LogP contribution in [-0.4, -0.2) is 49.7 Å². The number of rotatable bonds is 6. The number of para-hydroxylation sites is 1. The number of carbonyl (C=O) groups is 2. The molecular weight excluding hydrogens is 296 g/mol. The number of benzene rings is 1. The second-order valence-electron chi connectivity index (χ2n) is 5.55. The fraction of sp³-hybridized carbons (Fsp3) is 0.529. The molecule has 0 saturated carbocycles. The van der Waals surface area contributed by atoms with Crippen molar-refractivity contribution in [1.29, 1.82) is 0 Å². The molecule has 0 radical (unpaired) electrons. The van der Waals surface area contributed by atoms with E-state index in [4.69, 9.17) is 9.47 Å². The Bertz CT molecular complexity index is 499. The first-order chi connectivity index (χ1) is 11.2. The van der Waals surface area contributed by atoms with Gasteiger partial charge in [0.2, 0.25) is 5.91 Å². The fourth-order valence-corrected chi connectivity index (χ4v) is 2.48. The van der Waals surface area contributed by atoms with E-state index in [0.717, 1.165) is 12.8 Å². The van der Waals surface area contributed by atoms with Gasteiger partial charge in [-0.05, 0) is 37.8 Å². The minimum Gasteiger partial charge on any atom is -0.410 e. The van der Waals surface area contributed by atoms with E-state index in [9.17, 15) is 9.59 Å². The van der Waals surface area contributed by atoms with Crippen LogP contribution in [-0.2, 0) is 9.53 Å². The summed E-state index contributed by atoms with van der Waals surface area (Å²) in [5, 5.41) is 2.87. The van der Waals surface area contributed by atoms with Gasteiger partial charge in [-0.1, -0.05) is 18.2 Å². The van der Waals surface area contributed by atoms with Gasteiger partial charge in [-0.2, -0.15) is 0 Å². The molecular formula is C17H24N2O4. The van der Waals surface area contributed by atoms with Crippen LogP contribution in [0.4, 0.5) is 4.79 Å². The number of carbonyl (C=O) groups excluding carboxylic acids is 2. The summed E-state index contributed by atoms with van der Waals surface area (Å²) in [5.74, 6) is 0.863. The zero-order valence-electron chi connectivity index (χ0n) is 13.5. The van der Waals surface area contributed by atoms with Crippen LogP contribution < -0.4 is 10.1 Å². The first-order valence-corrected chi connectivity index (χ1v) is 8.05. The molecule has 1 aliphatic heterocycles. The van der Waals surface area contributed by atoms with Gasteiger partial charge in [0.15, 0.2) is 0 Å². The van der Waals surface area contributed by atoms with Crippen molar-refractivity contribution in [2.45, 2.75) is 19.8 Å². The third kappa shape index (κ3) is 5.90. The van der Waals surface area contributed by atoms with Crippen molar-refractivity contribution in [1.82, 2.24) is 10.2 Å². The summed E-state index contributed by atoms with van der Waals surface area (Å²) in [6.07, 6.45) is 1.41. The van der Waals surface area contributed by atoms with Crippen LogP contribution in [0.1, 0.15) is 19.8 Å². The maximum absolute atomic E-state index is 12.1. The summed E-state index contributed by atoms with van der Waals surface area (Å²) in [7, 11) is 0. The van der Waals surface area contributed by atoms with Gasteiger partial charge in [-0.25, -0.2) is 4.79 Å². The molecule has 0 aromatic heterocycles. The summed E-state index contributed by atoms with van der Waals surface area (Å²) in [6.45, 7) is 4.44. The smallest absolute Gasteiger partial charge is 0.410 e. The fourth-order valence-electron chi connectivity index (χ4n) is 2.48. The highest BCUT2D eigenvalue weighted by Gasteiger charge is 2.24. The molecule has 0 atom stereocenters. The van der Waals surface area contributed by atoms with Gasteiger partial charge in [0.05, 0.1) is 0 Å². The number of nitrogens with zero attached hydrogens (tertiary/aromatic N) is 1. The van der Waals surface area contributed by atoms with Crippen molar-refractivity contribution in [2.24, 2.45) is 5.92 Å². The van der Waals surface area contributed by atoms with Crippen molar-refractivity contribution in [3.8, 4) is 5.75 Å². The van der Waals surface area contributed by atoms with E-state index in [0.29, 0.717) is 37.9 Å². The summed E-state index contributed by atoms with van der Waals surface area (Å²) in [4.78, 5) is 25.3. The van der Waals surface area contributed by atoms with Crippen molar-refractivity contribution in [3.63, 3.8) is 0 Å². The minimum absolute atomic E-state index is 0.0854. The highest BCUT2D eigenvalue weighted by Crippen LogP contribution is 2.18. The average molecular weight is 320 g/mol. The third-order valence-electron chi connectivity index (χ3n) is 3.85. The second kappa shape index (κ2) is 9.15. The third-order valence-corrected chi connectivity index (χ3v) is 3.85. The van der Waals surface area contributed by atoms with Gasteiger partial charge < -0.3 is 19.7 Å². The zero-order chi connectivity index (χ0) is 16.5. The Balaban J connectivity index is 1.67. The maximum Gasteiger partial charge on any atom is 0.415 e. The number of hydrogen-bond acceptors (Lipinski definition) is 4. The highest BCUT2D eigenvalue weighted by atomic mass is 16.6. The Morgan fingerprint density at radius 1 is 1.22 bits per heavy atom. The summed E-state index contributed by atoms with van der Waals surface area (Å²) >= 11 is 0. The van der Waals surface area contributed by atoms with Gasteiger partial charge in [0.1, 0.15) is 12.4 Å². The molecule has 6 heteroatoms. The van der Waals surface area contributed by atoms with Crippen molar-refractivity contribution in [3.05, 3.63) is 30.3 Å². The predicted octanol–water partition coefficient (Wildman–Crippen LogP) is 2.05. The van der Waals surface area contributed by atoms with Crippen LogP contribution in [0.15, 0.2) is 30.3 Å². The standard InChI is InChI=1S/C17H24N2O4/c1-2-22-13-16(20)18-12-14-8-10-19(11-9-14)17(21)23-15-6-4-3-5-7-15/h3-7,14H,2,8-13H2,1H3,(H,18,20). The lowest BCUT2D eigenvalue weighted by Crippen LogP contribution is -2.43. The number of likely N-dealkylation sites (tertiary alicyclic amines) is 1. The highest BCUT2D eigenvalue weighted by molar-refractivity contribution is 5.77. The molecule has 2 amide bonds. The van der Waals surface area contributed by atoms with Gasteiger partial charge in [0.25, 0.3) is 0 Å². The quantitative estimate of drug-likeness (QED) is 0.871. The number of hydrogen-bond donors (Lipinski definition) is 1. The van der Waals surface area contributed by atoms with E-state index < -0.39 is 0 Å². The summed E-state index contributed by atoms with van der Waals surface area (Å²) in [6, 6.07) is 9.07. The lowest BCUT2D eigenvalue weighted by Gasteiger charge is -2.31. The monoisotopic (exact) mass is 320 g/mol. The van der Waals surface area contributed by atoms with Crippen LogP contribution >= 0.6 is 0 Å². The summed E-state index contributed by atoms with van der Waals surface area (Å²) < 4.78 is 10.4. The van der Waals surface area contributed by atoms with Crippen LogP contribution in [0.5, 0.6) is 5.75 Å². The van der Waals surface area contributed by atoms with Gasteiger partial charge in [-0.15, -0.1) is 0 Å². The van der Waals surface area contributed by atoms with E-state index in [2.05, 4.69) is 5.32 Å². The van der Waals surface area contributed by atoms with E-state index in [1.807, 2.05) is 25.1 Å². The molecule has 126 valence electrons.